The second-order valence-corrected chi connectivity index (χ2v) is 3.40. The summed E-state index contributed by atoms with van der Waals surface area (Å²) in [4.78, 5) is 0. The van der Waals surface area contributed by atoms with Gasteiger partial charge in [-0.15, -0.1) is 0 Å². The van der Waals surface area contributed by atoms with Crippen LogP contribution in [0.4, 0.5) is 4.39 Å². The maximum atomic E-state index is 12.4. The van der Waals surface area contributed by atoms with Gasteiger partial charge in [0.1, 0.15) is 18.2 Å². The molecule has 0 amide bonds. The second kappa shape index (κ2) is 5.19. The summed E-state index contributed by atoms with van der Waals surface area (Å²) in [7, 11) is 2.98. The van der Waals surface area contributed by atoms with Gasteiger partial charge in [-0.25, -0.2) is 4.39 Å². The first-order chi connectivity index (χ1) is 7.13. The Morgan fingerprint density at radius 1 is 1.33 bits per heavy atom. The van der Waals surface area contributed by atoms with Crippen LogP contribution in [0.5, 0.6) is 11.5 Å². The largest absolute Gasteiger partial charge is 0.496 e. The Balaban J connectivity index is 3.21. The van der Waals surface area contributed by atoms with Crippen LogP contribution in [0.15, 0.2) is 12.1 Å². The topological polar surface area (TPSA) is 44.5 Å². The van der Waals surface area contributed by atoms with Crippen LogP contribution in [-0.4, -0.2) is 20.9 Å². The van der Waals surface area contributed by atoms with Crippen molar-refractivity contribution in [1.82, 2.24) is 0 Å². The van der Waals surface area contributed by atoms with E-state index in [1.54, 1.807) is 12.1 Å². The highest BCUT2D eigenvalue weighted by molar-refractivity contribution is 6.32. The Morgan fingerprint density at radius 3 is 2.40 bits per heavy atom. The highest BCUT2D eigenvalue weighted by Gasteiger charge is 2.15. The van der Waals surface area contributed by atoms with Crippen molar-refractivity contribution in [2.24, 2.45) is 5.73 Å². The molecule has 0 aliphatic carbocycles. The molecule has 0 fully saturated rings. The van der Waals surface area contributed by atoms with Crippen molar-refractivity contribution in [3.8, 4) is 11.5 Å². The van der Waals surface area contributed by atoms with Crippen molar-refractivity contribution in [1.29, 1.82) is 0 Å². The number of methoxy groups -OCH3 is 2. The molecular weight excluding hydrogens is 221 g/mol. The average Bonchev–Trinajstić information content (AvgIpc) is 2.27. The molecular formula is C10H13ClFNO2. The fourth-order valence-electron chi connectivity index (χ4n) is 1.26. The van der Waals surface area contributed by atoms with Crippen molar-refractivity contribution in [2.45, 2.75) is 6.04 Å². The third-order valence-electron chi connectivity index (χ3n) is 2.07. The quantitative estimate of drug-likeness (QED) is 0.868. The van der Waals surface area contributed by atoms with Crippen LogP contribution >= 0.6 is 11.6 Å². The second-order valence-electron chi connectivity index (χ2n) is 2.99. The summed E-state index contributed by atoms with van der Waals surface area (Å²) in [5.74, 6) is 0.949. The van der Waals surface area contributed by atoms with Gasteiger partial charge in [0, 0.05) is 11.6 Å². The predicted octanol–water partition coefficient (Wildman–Crippen LogP) is 2.33. The van der Waals surface area contributed by atoms with E-state index >= 15 is 0 Å². The first-order valence-corrected chi connectivity index (χ1v) is 4.74. The summed E-state index contributed by atoms with van der Waals surface area (Å²) in [6.07, 6.45) is 0. The van der Waals surface area contributed by atoms with Crippen LogP contribution in [-0.2, 0) is 0 Å². The molecule has 0 bridgehead atoms. The van der Waals surface area contributed by atoms with E-state index in [0.29, 0.717) is 22.1 Å². The third-order valence-corrected chi connectivity index (χ3v) is 2.37. The summed E-state index contributed by atoms with van der Waals surface area (Å²) in [6.45, 7) is -0.668. The van der Waals surface area contributed by atoms with Gasteiger partial charge in [0.15, 0.2) is 0 Å². The normalized spacial score (nSPS) is 12.3. The molecule has 0 heterocycles. The Kier molecular flexibility index (Phi) is 4.17. The van der Waals surface area contributed by atoms with E-state index in [0.717, 1.165) is 0 Å². The van der Waals surface area contributed by atoms with E-state index in [9.17, 15) is 4.39 Å². The van der Waals surface area contributed by atoms with Gasteiger partial charge < -0.3 is 15.2 Å². The first kappa shape index (κ1) is 12.1. The summed E-state index contributed by atoms with van der Waals surface area (Å²) in [5, 5.41) is 0.386. The van der Waals surface area contributed by atoms with Gasteiger partial charge in [-0.1, -0.05) is 11.6 Å². The maximum absolute atomic E-state index is 12.4. The van der Waals surface area contributed by atoms with E-state index < -0.39 is 12.7 Å². The zero-order chi connectivity index (χ0) is 11.4. The molecule has 1 aromatic rings. The number of ether oxygens (including phenoxy) is 2. The molecule has 0 saturated heterocycles. The first-order valence-electron chi connectivity index (χ1n) is 4.37. The minimum Gasteiger partial charge on any atom is -0.496 e. The lowest BCUT2D eigenvalue weighted by Gasteiger charge is -2.15. The van der Waals surface area contributed by atoms with E-state index in [1.807, 2.05) is 0 Å². The molecule has 0 saturated carbocycles. The molecule has 1 rings (SSSR count). The zero-order valence-corrected chi connectivity index (χ0v) is 9.34. The van der Waals surface area contributed by atoms with Gasteiger partial charge >= 0.3 is 0 Å². The molecule has 0 aromatic heterocycles. The molecule has 0 spiro atoms. The average molecular weight is 234 g/mol. The number of hydrogen-bond donors (Lipinski definition) is 1. The van der Waals surface area contributed by atoms with Crippen molar-refractivity contribution in [2.75, 3.05) is 20.9 Å². The van der Waals surface area contributed by atoms with Crippen molar-refractivity contribution in [3.63, 3.8) is 0 Å². The lowest BCUT2D eigenvalue weighted by Crippen LogP contribution is -2.13. The molecule has 1 aromatic carbocycles. The number of alkyl halides is 1. The summed E-state index contributed by atoms with van der Waals surface area (Å²) >= 11 is 5.90. The van der Waals surface area contributed by atoms with E-state index in [1.165, 1.54) is 14.2 Å². The summed E-state index contributed by atoms with van der Waals surface area (Å²) < 4.78 is 22.5. The van der Waals surface area contributed by atoms with Gasteiger partial charge in [0.25, 0.3) is 0 Å². The Hall–Kier alpha value is -1.00. The highest BCUT2D eigenvalue weighted by Crippen LogP contribution is 2.35. The SMILES string of the molecule is COc1cc(OC)c(C(N)CF)cc1Cl. The summed E-state index contributed by atoms with van der Waals surface area (Å²) in [5.41, 5.74) is 6.11. The highest BCUT2D eigenvalue weighted by atomic mass is 35.5. The molecule has 84 valence electrons. The van der Waals surface area contributed by atoms with Crippen LogP contribution in [0.1, 0.15) is 11.6 Å². The lowest BCUT2D eigenvalue weighted by atomic mass is 10.1. The van der Waals surface area contributed by atoms with Crippen LogP contribution < -0.4 is 15.2 Å². The van der Waals surface area contributed by atoms with E-state index in [4.69, 9.17) is 26.8 Å². The standard InChI is InChI=1S/C10H13ClFNO2/c1-14-9-4-10(15-2)7(11)3-6(9)8(13)5-12/h3-4,8H,5,13H2,1-2H3. The zero-order valence-electron chi connectivity index (χ0n) is 8.59. The summed E-state index contributed by atoms with van der Waals surface area (Å²) in [6, 6.07) is 2.42. The molecule has 3 nitrogen and oxygen atoms in total. The van der Waals surface area contributed by atoms with Crippen LogP contribution in [0.3, 0.4) is 0 Å². The van der Waals surface area contributed by atoms with Crippen molar-refractivity contribution < 1.29 is 13.9 Å². The minimum absolute atomic E-state index is 0.386. The smallest absolute Gasteiger partial charge is 0.141 e. The Morgan fingerprint density at radius 2 is 1.93 bits per heavy atom. The molecule has 0 radical (unpaired) electrons. The van der Waals surface area contributed by atoms with Gasteiger partial charge in [0.05, 0.1) is 25.3 Å². The number of hydrogen-bond acceptors (Lipinski definition) is 3. The van der Waals surface area contributed by atoms with Crippen LogP contribution in [0.25, 0.3) is 0 Å². The molecule has 1 unspecified atom stereocenters. The Bertz CT molecular complexity index is 346. The number of halogens is 2. The van der Waals surface area contributed by atoms with E-state index in [2.05, 4.69) is 0 Å². The monoisotopic (exact) mass is 233 g/mol. The van der Waals surface area contributed by atoms with Gasteiger partial charge in [-0.05, 0) is 6.07 Å². The maximum Gasteiger partial charge on any atom is 0.141 e. The van der Waals surface area contributed by atoms with Crippen molar-refractivity contribution in [3.05, 3.63) is 22.7 Å². The van der Waals surface area contributed by atoms with Crippen molar-refractivity contribution >= 4 is 11.6 Å². The van der Waals surface area contributed by atoms with Gasteiger partial charge in [0.2, 0.25) is 0 Å². The molecule has 2 N–H and O–H groups in total. The predicted molar refractivity (Wildman–Crippen MR) is 57.5 cm³/mol. The number of rotatable bonds is 4. The lowest BCUT2D eigenvalue weighted by molar-refractivity contribution is 0.378. The molecule has 15 heavy (non-hydrogen) atoms. The Labute approximate surface area is 92.9 Å². The number of benzene rings is 1. The molecule has 0 aliphatic heterocycles. The van der Waals surface area contributed by atoms with Crippen LogP contribution in [0.2, 0.25) is 5.02 Å². The molecule has 0 aliphatic rings. The van der Waals surface area contributed by atoms with Gasteiger partial charge in [-0.3, -0.25) is 0 Å². The molecule has 5 heteroatoms. The molecule has 1 atom stereocenters. The van der Waals surface area contributed by atoms with Gasteiger partial charge in [-0.2, -0.15) is 0 Å². The fourth-order valence-corrected chi connectivity index (χ4v) is 1.51. The minimum atomic E-state index is -0.733. The van der Waals surface area contributed by atoms with E-state index in [-0.39, 0.29) is 0 Å². The van der Waals surface area contributed by atoms with Crippen LogP contribution in [0, 0.1) is 0 Å². The third kappa shape index (κ3) is 2.52. The number of nitrogens with two attached hydrogens (primary N) is 1. The fraction of sp³-hybridized carbons (Fsp3) is 0.400.